The number of nitrogens with zero attached hydrogens (tertiary/aromatic N) is 5. The molecule has 2 fully saturated rings. The first kappa shape index (κ1) is 24.4. The molecule has 0 aliphatic carbocycles. The molecule has 3 aromatic rings. The van der Waals surface area contributed by atoms with Crippen LogP contribution in [0.4, 0.5) is 11.5 Å². The van der Waals surface area contributed by atoms with Gasteiger partial charge < -0.3 is 15.5 Å². The van der Waals surface area contributed by atoms with E-state index in [4.69, 9.17) is 0 Å². The van der Waals surface area contributed by atoms with Gasteiger partial charge in [-0.05, 0) is 44.2 Å². The van der Waals surface area contributed by atoms with Crippen molar-refractivity contribution in [1.29, 1.82) is 0 Å². The van der Waals surface area contributed by atoms with Gasteiger partial charge in [-0.15, -0.1) is 0 Å². The first-order valence-corrected chi connectivity index (χ1v) is 14.0. The second-order valence-corrected chi connectivity index (χ2v) is 11.3. The van der Waals surface area contributed by atoms with Gasteiger partial charge in [0.1, 0.15) is 17.0 Å². The minimum atomic E-state index is -3.61. The second kappa shape index (κ2) is 10.8. The molecule has 12 heteroatoms. The quantitative estimate of drug-likeness (QED) is 0.438. The summed E-state index contributed by atoms with van der Waals surface area (Å²) in [5.74, 6) is 0.632. The molecular weight excluding hydrogens is 480 g/mol. The normalized spacial score (nSPS) is 19.7. The Morgan fingerprint density at radius 2 is 1.86 bits per heavy atom. The van der Waals surface area contributed by atoms with E-state index in [0.29, 0.717) is 31.0 Å². The lowest BCUT2D eigenvalue weighted by molar-refractivity contribution is -0.120. The second-order valence-electron chi connectivity index (χ2n) is 9.35. The third-order valence-corrected chi connectivity index (χ3v) is 8.78. The summed E-state index contributed by atoms with van der Waals surface area (Å²) in [6, 6.07) is 6.75. The number of hydrogen-bond acceptors (Lipinski definition) is 8. The zero-order valence-electron chi connectivity index (χ0n) is 20.2. The Morgan fingerprint density at radius 3 is 2.72 bits per heavy atom. The number of piperidine rings is 1. The number of rotatable bonds is 7. The predicted molar refractivity (Wildman–Crippen MR) is 137 cm³/mol. The Hall–Kier alpha value is -3.25. The van der Waals surface area contributed by atoms with Gasteiger partial charge in [0.05, 0.1) is 23.8 Å². The summed E-state index contributed by atoms with van der Waals surface area (Å²) in [5.41, 5.74) is 1.14. The number of fused-ring (bicyclic) bond motifs is 1. The van der Waals surface area contributed by atoms with Crippen LogP contribution in [0.25, 0.3) is 11.0 Å². The fourth-order valence-electron chi connectivity index (χ4n) is 4.99. The molecule has 2 aromatic heterocycles. The Bertz CT molecular complexity index is 1310. The van der Waals surface area contributed by atoms with E-state index in [9.17, 15) is 13.2 Å². The maximum absolute atomic E-state index is 13.2. The largest absolute Gasteiger partial charge is 0.375 e. The lowest BCUT2D eigenvalue weighted by Crippen LogP contribution is -2.45. The van der Waals surface area contributed by atoms with Crippen molar-refractivity contribution in [1.82, 2.24) is 29.8 Å². The van der Waals surface area contributed by atoms with Crippen LogP contribution in [0.1, 0.15) is 38.5 Å². The molecule has 0 spiro atoms. The van der Waals surface area contributed by atoms with E-state index in [2.05, 4.69) is 35.7 Å². The molecule has 1 amide bonds. The monoisotopic (exact) mass is 512 g/mol. The molecule has 0 radical (unpaired) electrons. The smallest absolute Gasteiger partial charge is 0.245 e. The molecule has 2 aliphatic rings. The molecule has 1 atom stereocenters. The average molecular weight is 513 g/mol. The number of anilines is 2. The van der Waals surface area contributed by atoms with Gasteiger partial charge in [-0.1, -0.05) is 18.6 Å². The Balaban J connectivity index is 1.23. The summed E-state index contributed by atoms with van der Waals surface area (Å²) < 4.78 is 28.0. The lowest BCUT2D eigenvalue weighted by Gasteiger charge is -2.27. The van der Waals surface area contributed by atoms with Gasteiger partial charge >= 0.3 is 0 Å². The molecular formula is C24H32N8O3S. The molecule has 1 aromatic carbocycles. The number of hydrogen-bond donors (Lipinski definition) is 3. The van der Waals surface area contributed by atoms with Crippen molar-refractivity contribution in [3.05, 3.63) is 36.8 Å². The summed E-state index contributed by atoms with van der Waals surface area (Å²) in [7, 11) is -3.61. The summed E-state index contributed by atoms with van der Waals surface area (Å²) >= 11 is 0. The molecule has 192 valence electrons. The van der Waals surface area contributed by atoms with Crippen molar-refractivity contribution in [2.75, 3.05) is 42.9 Å². The molecule has 11 nitrogen and oxygen atoms in total. The van der Waals surface area contributed by atoms with Crippen LogP contribution < -0.4 is 15.5 Å². The molecule has 1 unspecified atom stereocenters. The van der Waals surface area contributed by atoms with Crippen LogP contribution in [0.3, 0.4) is 0 Å². The van der Waals surface area contributed by atoms with E-state index < -0.39 is 10.0 Å². The van der Waals surface area contributed by atoms with Crippen LogP contribution in [0.5, 0.6) is 0 Å². The molecule has 0 saturated carbocycles. The van der Waals surface area contributed by atoms with E-state index in [0.717, 1.165) is 56.3 Å². The first-order chi connectivity index (χ1) is 17.5. The average Bonchev–Trinajstić information content (AvgIpc) is 3.27. The number of sulfonamides is 1. The van der Waals surface area contributed by atoms with Gasteiger partial charge in [0.25, 0.3) is 0 Å². The number of para-hydroxylation sites is 1. The van der Waals surface area contributed by atoms with E-state index in [1.54, 1.807) is 34.8 Å². The summed E-state index contributed by atoms with van der Waals surface area (Å²) in [5, 5.41) is 14.0. The minimum Gasteiger partial charge on any atom is -0.375 e. The maximum atomic E-state index is 13.2. The highest BCUT2D eigenvalue weighted by molar-refractivity contribution is 7.89. The van der Waals surface area contributed by atoms with Gasteiger partial charge in [-0.3, -0.25) is 9.89 Å². The molecule has 36 heavy (non-hydrogen) atoms. The molecule has 0 bridgehead atoms. The summed E-state index contributed by atoms with van der Waals surface area (Å²) in [6.07, 6.45) is 8.89. The fourth-order valence-corrected chi connectivity index (χ4v) is 6.68. The summed E-state index contributed by atoms with van der Waals surface area (Å²) in [4.78, 5) is 24.0. The third-order valence-electron chi connectivity index (χ3n) is 6.82. The van der Waals surface area contributed by atoms with Crippen LogP contribution in [0.15, 0.2) is 41.7 Å². The van der Waals surface area contributed by atoms with E-state index in [-0.39, 0.29) is 23.4 Å². The van der Waals surface area contributed by atoms with Crippen LogP contribution in [-0.4, -0.2) is 77.6 Å². The van der Waals surface area contributed by atoms with Gasteiger partial charge in [0.15, 0.2) is 5.65 Å². The van der Waals surface area contributed by atoms with Crippen molar-refractivity contribution < 1.29 is 13.2 Å². The van der Waals surface area contributed by atoms with Gasteiger partial charge in [0.2, 0.25) is 15.9 Å². The Morgan fingerprint density at radius 1 is 1.06 bits per heavy atom. The highest BCUT2D eigenvalue weighted by Crippen LogP contribution is 2.27. The molecule has 3 N–H and O–H groups in total. The van der Waals surface area contributed by atoms with Crippen molar-refractivity contribution >= 4 is 38.5 Å². The van der Waals surface area contributed by atoms with Crippen LogP contribution >= 0.6 is 0 Å². The predicted octanol–water partition coefficient (Wildman–Crippen LogP) is 2.11. The molecule has 2 aliphatic heterocycles. The number of aromatic amines is 1. The number of benzene rings is 1. The highest BCUT2D eigenvalue weighted by atomic mass is 32.2. The van der Waals surface area contributed by atoms with Gasteiger partial charge in [-0.25, -0.2) is 18.4 Å². The van der Waals surface area contributed by atoms with Crippen LogP contribution in [0.2, 0.25) is 0 Å². The van der Waals surface area contributed by atoms with Crippen molar-refractivity contribution in [2.24, 2.45) is 0 Å². The van der Waals surface area contributed by atoms with E-state index in [1.807, 2.05) is 0 Å². The Kier molecular flexibility index (Phi) is 7.33. The number of nitrogens with one attached hydrogen (secondary N) is 3. The first-order valence-electron chi connectivity index (χ1n) is 12.5. The number of carbonyl (C=O) groups is 1. The maximum Gasteiger partial charge on any atom is 0.245 e. The topological polar surface area (TPSA) is 136 Å². The standard InChI is InChI=1S/C24H32N8O3S/c33-22(15-25-20-9-2-3-10-21(20)36(34,35)32-12-5-1-6-13-32)29-18-8-4-7-11-31(16-18)24-19-14-28-30-23(19)26-17-27-24/h2-3,9-10,14,17-18,25H,1,4-8,11-13,15-16H2,(H,29,33)(H,26,27,28,30). The third kappa shape index (κ3) is 5.29. The van der Waals surface area contributed by atoms with Gasteiger partial charge in [-0.2, -0.15) is 9.40 Å². The van der Waals surface area contributed by atoms with Crippen molar-refractivity contribution in [3.63, 3.8) is 0 Å². The Labute approximate surface area is 210 Å². The number of aromatic nitrogens is 4. The fraction of sp³-hybridized carbons (Fsp3) is 0.500. The van der Waals surface area contributed by atoms with Gasteiger partial charge in [0, 0.05) is 32.2 Å². The van der Waals surface area contributed by atoms with Crippen LogP contribution in [0, 0.1) is 0 Å². The van der Waals surface area contributed by atoms with Crippen molar-refractivity contribution in [2.45, 2.75) is 49.5 Å². The van der Waals surface area contributed by atoms with Crippen LogP contribution in [-0.2, 0) is 14.8 Å². The van der Waals surface area contributed by atoms with Crippen molar-refractivity contribution in [3.8, 4) is 0 Å². The van der Waals surface area contributed by atoms with E-state index in [1.165, 1.54) is 6.33 Å². The minimum absolute atomic E-state index is 0.0114. The molecule has 2 saturated heterocycles. The zero-order valence-corrected chi connectivity index (χ0v) is 21.0. The number of carbonyl (C=O) groups excluding carboxylic acids is 1. The zero-order chi connectivity index (χ0) is 25.0. The molecule has 5 rings (SSSR count). The molecule has 4 heterocycles. The lowest BCUT2D eigenvalue weighted by atomic mass is 10.1. The SMILES string of the molecule is O=C(CNc1ccccc1S(=O)(=O)N1CCCCC1)NC1CCCCN(c2ncnc3[nH]ncc23)C1. The summed E-state index contributed by atoms with van der Waals surface area (Å²) in [6.45, 7) is 2.52. The number of amides is 1. The highest BCUT2D eigenvalue weighted by Gasteiger charge is 2.28. The number of H-pyrrole nitrogens is 1. The van der Waals surface area contributed by atoms with E-state index >= 15 is 0 Å².